The molecule has 35 heavy (non-hydrogen) atoms. The zero-order valence-electron chi connectivity index (χ0n) is 19.2. The van der Waals surface area contributed by atoms with E-state index in [1.54, 1.807) is 19.2 Å². The molecule has 1 atom stereocenters. The van der Waals surface area contributed by atoms with E-state index in [-0.39, 0.29) is 18.9 Å². The summed E-state index contributed by atoms with van der Waals surface area (Å²) in [6, 6.07) is 26.6. The van der Waals surface area contributed by atoms with Crippen molar-refractivity contribution in [3.8, 4) is 16.9 Å². The highest BCUT2D eigenvalue weighted by Gasteiger charge is 2.29. The second-order valence-corrected chi connectivity index (χ2v) is 8.52. The van der Waals surface area contributed by atoms with Gasteiger partial charge in [0.1, 0.15) is 12.4 Å². The topological polar surface area (TPSA) is 84.9 Å². The van der Waals surface area contributed by atoms with Crippen molar-refractivity contribution in [2.24, 2.45) is 0 Å². The van der Waals surface area contributed by atoms with Gasteiger partial charge in [0, 0.05) is 11.3 Å². The fourth-order valence-corrected chi connectivity index (χ4v) is 4.97. The molecular weight excluding hydrogens is 442 g/mol. The summed E-state index contributed by atoms with van der Waals surface area (Å²) in [7, 11) is 1.59. The number of hydrogen-bond acceptors (Lipinski definition) is 4. The summed E-state index contributed by atoms with van der Waals surface area (Å²) in [5.41, 5.74) is 5.21. The van der Waals surface area contributed by atoms with E-state index >= 15 is 0 Å². The maximum absolute atomic E-state index is 12.9. The van der Waals surface area contributed by atoms with Gasteiger partial charge in [-0.15, -0.1) is 0 Å². The molecule has 0 aliphatic heterocycles. The largest absolute Gasteiger partial charge is 0.496 e. The number of carbonyl (C=O) groups is 2. The number of amides is 1. The van der Waals surface area contributed by atoms with E-state index < -0.39 is 18.1 Å². The Labute approximate surface area is 203 Å². The molecule has 0 saturated carbocycles. The lowest BCUT2D eigenvalue weighted by Gasteiger charge is -2.21. The van der Waals surface area contributed by atoms with Crippen LogP contribution in [0.2, 0.25) is 0 Å². The molecule has 0 aromatic heterocycles. The number of benzene rings is 4. The van der Waals surface area contributed by atoms with Gasteiger partial charge in [-0.05, 0) is 39.3 Å². The maximum atomic E-state index is 12.9. The summed E-state index contributed by atoms with van der Waals surface area (Å²) in [5.74, 6) is -0.415. The number of hydrogen-bond donors (Lipinski definition) is 2. The molecule has 5 rings (SSSR count). The number of carboxylic acids is 1. The van der Waals surface area contributed by atoms with Crippen LogP contribution in [0.4, 0.5) is 4.79 Å². The molecule has 0 unspecified atom stereocenters. The minimum atomic E-state index is -1.02. The van der Waals surface area contributed by atoms with Gasteiger partial charge in [0.25, 0.3) is 0 Å². The van der Waals surface area contributed by atoms with Crippen molar-refractivity contribution in [2.75, 3.05) is 13.7 Å². The van der Waals surface area contributed by atoms with E-state index in [2.05, 4.69) is 29.6 Å². The number of carbonyl (C=O) groups excluding carboxylic acids is 1. The van der Waals surface area contributed by atoms with Gasteiger partial charge in [0.05, 0.1) is 19.6 Å². The fourth-order valence-electron chi connectivity index (χ4n) is 4.97. The quantitative estimate of drug-likeness (QED) is 0.353. The molecule has 4 aromatic carbocycles. The fraction of sp³-hybridized carbons (Fsp3) is 0.172. The Hall–Kier alpha value is -4.32. The third kappa shape index (κ3) is 4.30. The third-order valence-corrected chi connectivity index (χ3v) is 6.53. The summed E-state index contributed by atoms with van der Waals surface area (Å²) >= 11 is 0. The summed E-state index contributed by atoms with van der Waals surface area (Å²) < 4.78 is 11.1. The maximum Gasteiger partial charge on any atom is 0.407 e. The number of aliphatic carboxylic acids is 1. The molecule has 2 N–H and O–H groups in total. The van der Waals surface area contributed by atoms with E-state index in [9.17, 15) is 14.7 Å². The number of carboxylic acid groups (broad SMARTS) is 1. The Kier molecular flexibility index (Phi) is 6.10. The molecule has 1 aliphatic rings. The first-order chi connectivity index (χ1) is 17.1. The first-order valence-electron chi connectivity index (χ1n) is 11.5. The van der Waals surface area contributed by atoms with E-state index in [4.69, 9.17) is 9.47 Å². The van der Waals surface area contributed by atoms with E-state index in [1.165, 1.54) is 0 Å². The predicted octanol–water partition coefficient (Wildman–Crippen LogP) is 5.90. The molecule has 0 saturated heterocycles. The Morgan fingerprint density at radius 3 is 2.09 bits per heavy atom. The average molecular weight is 468 g/mol. The van der Waals surface area contributed by atoms with Crippen LogP contribution in [-0.4, -0.2) is 30.9 Å². The van der Waals surface area contributed by atoms with Crippen LogP contribution >= 0.6 is 0 Å². The van der Waals surface area contributed by atoms with E-state index in [1.807, 2.05) is 48.5 Å². The number of nitrogens with one attached hydrogen (secondary N) is 1. The van der Waals surface area contributed by atoms with Crippen LogP contribution in [-0.2, 0) is 9.53 Å². The Bertz CT molecular complexity index is 1370. The smallest absolute Gasteiger partial charge is 0.407 e. The van der Waals surface area contributed by atoms with Crippen molar-refractivity contribution in [3.63, 3.8) is 0 Å². The monoisotopic (exact) mass is 467 g/mol. The molecule has 0 bridgehead atoms. The van der Waals surface area contributed by atoms with Gasteiger partial charge in [-0.1, -0.05) is 78.9 Å². The molecule has 0 heterocycles. The molecule has 4 aromatic rings. The zero-order chi connectivity index (χ0) is 24.4. The SMILES string of the molecule is COc1ccc([C@H](CC(=O)O)NC(=O)OCC2c3ccccc3-c3ccccc32)c2ccccc12. The summed E-state index contributed by atoms with van der Waals surface area (Å²) in [6.07, 6.45) is -0.932. The van der Waals surface area contributed by atoms with Crippen LogP contribution in [0.15, 0.2) is 84.9 Å². The highest BCUT2D eigenvalue weighted by atomic mass is 16.5. The molecule has 0 spiro atoms. The third-order valence-electron chi connectivity index (χ3n) is 6.53. The van der Waals surface area contributed by atoms with Gasteiger partial charge in [0.15, 0.2) is 0 Å². The van der Waals surface area contributed by atoms with Crippen molar-refractivity contribution < 1.29 is 24.2 Å². The van der Waals surface area contributed by atoms with E-state index in [0.29, 0.717) is 11.3 Å². The van der Waals surface area contributed by atoms with Gasteiger partial charge < -0.3 is 19.9 Å². The minimum Gasteiger partial charge on any atom is -0.496 e. The normalized spacial score (nSPS) is 13.1. The lowest BCUT2D eigenvalue weighted by atomic mass is 9.96. The lowest BCUT2D eigenvalue weighted by Crippen LogP contribution is -2.31. The van der Waals surface area contributed by atoms with Crippen molar-refractivity contribution >= 4 is 22.8 Å². The number of methoxy groups -OCH3 is 1. The van der Waals surface area contributed by atoms with Crippen LogP contribution < -0.4 is 10.1 Å². The molecular formula is C29H25NO5. The minimum absolute atomic E-state index is 0.0760. The first kappa shape index (κ1) is 22.5. The number of rotatable bonds is 7. The molecule has 6 nitrogen and oxygen atoms in total. The molecule has 0 fully saturated rings. The standard InChI is InChI=1S/C29H25NO5/c1-34-27-15-14-23(22-12-6-7-13-24(22)27)26(16-28(31)32)30-29(33)35-17-25-20-10-4-2-8-18(20)19-9-3-5-11-21(19)25/h2-15,25-26H,16-17H2,1H3,(H,30,33)(H,31,32)/t26-/m0/s1. The zero-order valence-corrected chi connectivity index (χ0v) is 19.2. The molecule has 6 heteroatoms. The molecule has 176 valence electrons. The van der Waals surface area contributed by atoms with Gasteiger partial charge in [-0.2, -0.15) is 0 Å². The summed E-state index contributed by atoms with van der Waals surface area (Å²) in [4.78, 5) is 24.5. The number of ether oxygens (including phenoxy) is 2. The first-order valence-corrected chi connectivity index (χ1v) is 11.5. The van der Waals surface area contributed by atoms with Gasteiger partial charge in [-0.25, -0.2) is 4.79 Å². The number of alkyl carbamates (subject to hydrolysis) is 1. The number of fused-ring (bicyclic) bond motifs is 4. The van der Waals surface area contributed by atoms with Crippen LogP contribution in [0.5, 0.6) is 5.75 Å². The second-order valence-electron chi connectivity index (χ2n) is 8.52. The van der Waals surface area contributed by atoms with Crippen LogP contribution in [0, 0.1) is 0 Å². The van der Waals surface area contributed by atoms with Crippen molar-refractivity contribution in [1.82, 2.24) is 5.32 Å². The summed E-state index contributed by atoms with van der Waals surface area (Å²) in [6.45, 7) is 0.156. The average Bonchev–Trinajstić information content (AvgIpc) is 3.20. The van der Waals surface area contributed by atoms with Gasteiger partial charge in [0.2, 0.25) is 0 Å². The second kappa shape index (κ2) is 9.50. The highest BCUT2D eigenvalue weighted by Crippen LogP contribution is 2.44. The molecule has 0 radical (unpaired) electrons. The van der Waals surface area contributed by atoms with Crippen molar-refractivity contribution in [1.29, 1.82) is 0 Å². The Morgan fingerprint density at radius 1 is 0.857 bits per heavy atom. The highest BCUT2D eigenvalue weighted by molar-refractivity contribution is 5.92. The van der Waals surface area contributed by atoms with Crippen LogP contribution in [0.3, 0.4) is 0 Å². The van der Waals surface area contributed by atoms with E-state index in [0.717, 1.165) is 33.0 Å². The predicted molar refractivity (Wildman–Crippen MR) is 134 cm³/mol. The van der Waals surface area contributed by atoms with Crippen LogP contribution in [0.1, 0.15) is 35.1 Å². The Morgan fingerprint density at radius 2 is 1.46 bits per heavy atom. The van der Waals surface area contributed by atoms with Crippen molar-refractivity contribution in [2.45, 2.75) is 18.4 Å². The van der Waals surface area contributed by atoms with Gasteiger partial charge in [-0.3, -0.25) is 4.79 Å². The summed E-state index contributed by atoms with van der Waals surface area (Å²) in [5, 5.41) is 14.0. The van der Waals surface area contributed by atoms with Crippen molar-refractivity contribution in [3.05, 3.63) is 102 Å². The van der Waals surface area contributed by atoms with Crippen LogP contribution in [0.25, 0.3) is 21.9 Å². The lowest BCUT2D eigenvalue weighted by molar-refractivity contribution is -0.137. The Balaban J connectivity index is 1.38. The molecule has 1 amide bonds. The van der Waals surface area contributed by atoms with Gasteiger partial charge >= 0.3 is 12.1 Å². The molecule has 1 aliphatic carbocycles.